The van der Waals surface area contributed by atoms with Crippen molar-refractivity contribution in [3.63, 3.8) is 0 Å². The van der Waals surface area contributed by atoms with Crippen LogP contribution in [0.25, 0.3) is 10.9 Å². The Morgan fingerprint density at radius 2 is 1.08 bits per heavy atom. The zero-order chi connectivity index (χ0) is 85.7. The molecular weight excluding hydrogens is 1560 g/mol. The van der Waals surface area contributed by atoms with Crippen LogP contribution in [0.1, 0.15) is 123 Å². The molecule has 1 aliphatic heterocycles. The van der Waals surface area contributed by atoms with E-state index < -0.39 is 193 Å². The summed E-state index contributed by atoms with van der Waals surface area (Å²) in [4.78, 5) is 219. The highest BCUT2D eigenvalue weighted by Gasteiger charge is 2.41. The smallest absolute Gasteiger partial charge is 0.327 e. The maximum Gasteiger partial charge on any atom is 0.327 e. The van der Waals surface area contributed by atoms with Gasteiger partial charge in [0.2, 0.25) is 82.7 Å². The summed E-state index contributed by atoms with van der Waals surface area (Å²) in [5.41, 5.74) is 14.2. The molecule has 4 aromatic rings. The number of unbranched alkanes of at least 4 members (excludes halogenated alkanes) is 1. The molecule has 3 heterocycles. The first kappa shape index (κ1) is 96.8. The number of aliphatic hydroxyl groups excluding tert-OH is 1. The lowest BCUT2D eigenvalue weighted by Crippen LogP contribution is -2.61. The molecule has 1 fully saturated rings. The number of aromatic nitrogens is 3. The van der Waals surface area contributed by atoms with Gasteiger partial charge in [-0.1, -0.05) is 90.1 Å². The first-order valence-corrected chi connectivity index (χ1v) is 42.3. The Bertz CT molecular complexity index is 3930. The number of carboxylic acids is 1. The average molecular weight is 1680 g/mol. The fraction of sp³-hybridized carbons (Fsp3) is 0.584. The number of aliphatic carboxylic acids is 1. The van der Waals surface area contributed by atoms with E-state index in [9.17, 15) is 77.3 Å². The third-order valence-corrected chi connectivity index (χ3v) is 20.7. The number of carbonyl (C=O) groups excluding carboxylic acids is 14. The molecule has 0 radical (unpaired) electrons. The molecule has 14 amide bonds. The van der Waals surface area contributed by atoms with E-state index in [0.29, 0.717) is 65.0 Å². The van der Waals surface area contributed by atoms with Crippen molar-refractivity contribution in [1.29, 1.82) is 0 Å². The molecule has 0 bridgehead atoms. The maximum absolute atomic E-state index is 15.1. The van der Waals surface area contributed by atoms with Gasteiger partial charge < -0.3 is 106 Å². The van der Waals surface area contributed by atoms with Gasteiger partial charge >= 0.3 is 5.97 Å². The number of carbonyl (C=O) groups is 15. The van der Waals surface area contributed by atoms with Crippen LogP contribution in [-0.2, 0) is 91.2 Å². The lowest BCUT2D eigenvalue weighted by atomic mass is 10.00. The first-order valence-electron chi connectivity index (χ1n) is 38.8. The van der Waals surface area contributed by atoms with Crippen LogP contribution in [0, 0.1) is 17.8 Å². The second-order valence-corrected chi connectivity index (χ2v) is 32.0. The van der Waals surface area contributed by atoms with E-state index in [0.717, 1.165) is 4.90 Å². The number of likely N-dealkylation sites (tertiary alicyclic amines) is 1. The Labute approximate surface area is 689 Å². The zero-order valence-corrected chi connectivity index (χ0v) is 69.7. The summed E-state index contributed by atoms with van der Waals surface area (Å²) in [7, 11) is 0. The van der Waals surface area contributed by atoms with Crippen LogP contribution in [0.2, 0.25) is 0 Å². The van der Waals surface area contributed by atoms with Crippen LogP contribution in [0.4, 0.5) is 0 Å². The molecule has 36 nitrogen and oxygen atoms in total. The van der Waals surface area contributed by atoms with E-state index in [1.165, 1.54) is 43.0 Å². The molecule has 2 aromatic heterocycles. The number of para-hydroxylation sites is 1. The number of aromatic amines is 2. The van der Waals surface area contributed by atoms with Gasteiger partial charge in [0.15, 0.2) is 0 Å². The van der Waals surface area contributed by atoms with Crippen LogP contribution in [-0.4, -0.2) is 260 Å². The van der Waals surface area contributed by atoms with Crippen molar-refractivity contribution in [3.05, 3.63) is 90.1 Å². The molecule has 0 aliphatic carbocycles. The fourth-order valence-corrected chi connectivity index (χ4v) is 13.9. The molecule has 1 saturated heterocycles. The lowest BCUT2D eigenvalue weighted by molar-refractivity contribution is -0.143. The fourth-order valence-electron chi connectivity index (χ4n) is 12.7. The van der Waals surface area contributed by atoms with E-state index in [2.05, 4.69) is 96.7 Å². The molecule has 0 saturated carbocycles. The van der Waals surface area contributed by atoms with Crippen molar-refractivity contribution in [3.8, 4) is 0 Å². The quantitative estimate of drug-likeness (QED) is 0.0172. The third-order valence-electron chi connectivity index (χ3n) is 19.0. The zero-order valence-electron chi connectivity index (χ0n) is 67.1. The summed E-state index contributed by atoms with van der Waals surface area (Å²) in [5, 5.41) is 55.0. The van der Waals surface area contributed by atoms with Crippen LogP contribution < -0.4 is 80.6 Å². The van der Waals surface area contributed by atoms with E-state index in [1.807, 2.05) is 32.0 Å². The monoisotopic (exact) mass is 1680 g/mol. The Morgan fingerprint density at radius 3 is 1.66 bits per heavy atom. The van der Waals surface area contributed by atoms with E-state index >= 15 is 4.79 Å². The number of benzene rings is 2. The number of hydrogen-bond donors (Lipinski definition) is 20. The van der Waals surface area contributed by atoms with E-state index in [-0.39, 0.29) is 81.9 Å². The number of nitrogens with zero attached hydrogens (tertiary/aromatic N) is 2. The SMILES string of the molecule is CSCC[C@H](NC(=O)CNC(=O)[C@H](C)NC(=O)[C@@H]1CCCN1C(=O)[C@H](CO)NC(=O)[C@H](Cc1ccccc1)NC(=O)[C@H](Cc1c[nH]c2ccccc12)NC(=O)[C@H](CCSC)NC(=O)[C@@H](NC(=O)[C@H](CCCCN)NC(=O)[C@@H](N)CC(C)C)C(C)C)C(=O)NCC(=O)N[C@@H](Cc1cnc[nH]1)C(=O)N[C@@H](CC(C)C)C(=O)N[C@@H](CS)C(=O)O. The van der Waals surface area contributed by atoms with E-state index in [1.54, 1.807) is 82.8 Å². The molecule has 13 atom stereocenters. The number of nitrogens with two attached hydrogens (primary N) is 2. The molecule has 640 valence electrons. The largest absolute Gasteiger partial charge is 0.480 e. The number of thioether (sulfide) groups is 2. The number of aliphatic hydroxyl groups is 1. The van der Waals surface area contributed by atoms with Gasteiger partial charge in [0, 0.05) is 60.6 Å². The molecule has 21 N–H and O–H groups in total. The predicted octanol–water partition coefficient (Wildman–Crippen LogP) is -1.79. The molecule has 39 heteroatoms. The second-order valence-electron chi connectivity index (χ2n) is 29.7. The normalized spacial score (nSPS) is 15.8. The molecule has 2 aromatic carbocycles. The molecule has 0 spiro atoms. The van der Waals surface area contributed by atoms with Crippen molar-refractivity contribution >= 4 is 136 Å². The minimum Gasteiger partial charge on any atom is -0.480 e. The number of rotatable bonds is 51. The van der Waals surface area contributed by atoms with Crippen molar-refractivity contribution in [2.24, 2.45) is 29.2 Å². The summed E-state index contributed by atoms with van der Waals surface area (Å²) in [6.45, 7) is 10.1. The number of thiol groups is 1. The van der Waals surface area contributed by atoms with Gasteiger partial charge in [0.1, 0.15) is 72.5 Å². The molecular formula is C77H117N19O17S3. The third kappa shape index (κ3) is 32.0. The Morgan fingerprint density at radius 1 is 0.560 bits per heavy atom. The molecule has 0 unspecified atom stereocenters. The highest BCUT2D eigenvalue weighted by atomic mass is 32.2. The number of amides is 14. The van der Waals surface area contributed by atoms with Gasteiger partial charge in [0.05, 0.1) is 32.1 Å². The summed E-state index contributed by atoms with van der Waals surface area (Å²) < 4.78 is 0. The Kier molecular flexibility index (Phi) is 41.7. The predicted molar refractivity (Wildman–Crippen MR) is 441 cm³/mol. The van der Waals surface area contributed by atoms with Gasteiger partial charge in [-0.15, -0.1) is 0 Å². The second kappa shape index (κ2) is 49.9. The highest BCUT2D eigenvalue weighted by molar-refractivity contribution is 7.98. The summed E-state index contributed by atoms with van der Waals surface area (Å²) >= 11 is 6.73. The minimum atomic E-state index is -1.69. The van der Waals surface area contributed by atoms with Crippen LogP contribution >= 0.6 is 36.2 Å². The number of imidazole rings is 1. The van der Waals surface area contributed by atoms with Gasteiger partial charge in [-0.25, -0.2) is 9.78 Å². The molecule has 116 heavy (non-hydrogen) atoms. The number of nitrogens with one attached hydrogen (secondary N) is 15. The van der Waals surface area contributed by atoms with Crippen molar-refractivity contribution in [2.75, 3.05) is 62.6 Å². The van der Waals surface area contributed by atoms with Gasteiger partial charge in [-0.2, -0.15) is 36.2 Å². The summed E-state index contributed by atoms with van der Waals surface area (Å²) in [5.74, 6) is -12.5. The number of carboxylic acid groups (broad SMARTS) is 1. The van der Waals surface area contributed by atoms with Crippen molar-refractivity contribution in [1.82, 2.24) is 89.0 Å². The summed E-state index contributed by atoms with van der Waals surface area (Å²) in [6, 6.07) is -1.03. The Hall–Kier alpha value is -9.83. The van der Waals surface area contributed by atoms with Crippen LogP contribution in [0.5, 0.6) is 0 Å². The molecule has 1 aliphatic rings. The van der Waals surface area contributed by atoms with Gasteiger partial charge in [-0.3, -0.25) is 67.1 Å². The Balaban J connectivity index is 1.26. The van der Waals surface area contributed by atoms with Crippen molar-refractivity contribution in [2.45, 2.75) is 204 Å². The highest BCUT2D eigenvalue weighted by Crippen LogP contribution is 2.22. The standard InChI is InChI=1S/C77H117N19O17S3/c1-42(2)30-50(79)66(101)88-52(22-15-16-26-78)69(104)95-64(44(5)6)75(110)89-54(25-29-116-9)68(103)92-57(33-47-35-81-51-21-14-13-20-49(47)51)72(107)91-56(32-46-18-11-10-12-19-46)71(106)93-59(39-97)76(111)96-27-17-23-61(96)74(109)85-45(7)65(100)82-37-62(98)86-53(24-28-115-8)67(102)83-38-63(99)87-58(34-48-36-80-41-84-48)73(108)90-55(31-43(3)4)70(105)94-60(40-114)77(112)113/h10-14,18-21,35-36,41-45,50,52-61,64,81,97,114H,15-17,22-34,37-40,78-79H2,1-9H3,(H,80,84)(H,82,100)(H,83,102)(H,85,109)(H,86,98)(H,87,99)(H,88,101)(H,89,110)(H,90,108)(H,91,107)(H,92,103)(H,93,106)(H,94,105)(H,95,104)(H,112,113)/t45-,50-,52-,53-,54-,55-,56-,57-,58-,59-,60-,61-,64-/m0/s1. The minimum absolute atomic E-state index is 0.0189. The number of hydrogen-bond acceptors (Lipinski definition) is 22. The van der Waals surface area contributed by atoms with Crippen LogP contribution in [0.15, 0.2) is 73.3 Å². The lowest BCUT2D eigenvalue weighted by Gasteiger charge is -2.30. The number of fused-ring (bicyclic) bond motifs is 1. The van der Waals surface area contributed by atoms with E-state index in [4.69, 9.17) is 11.5 Å². The number of H-pyrrole nitrogens is 2. The van der Waals surface area contributed by atoms with Gasteiger partial charge in [0.25, 0.3) is 0 Å². The average Bonchev–Trinajstić information content (AvgIpc) is 1.64. The maximum atomic E-state index is 15.1. The van der Waals surface area contributed by atoms with Crippen LogP contribution in [0.3, 0.4) is 0 Å². The van der Waals surface area contributed by atoms with Crippen molar-refractivity contribution < 1.29 is 82.1 Å². The topological polar surface area (TPSA) is 553 Å². The van der Waals surface area contributed by atoms with Gasteiger partial charge in [-0.05, 0) is 130 Å². The first-order chi connectivity index (χ1) is 55.2. The summed E-state index contributed by atoms with van der Waals surface area (Å²) in [6.07, 6.45) is 9.71. The molecule has 5 rings (SSSR count).